The average Bonchev–Trinajstić information content (AvgIpc) is 1.81. The molecule has 0 heterocycles. The lowest BCUT2D eigenvalue weighted by atomic mass is 10.4. The molecular formula is C6H7ClO. The van der Waals surface area contributed by atoms with E-state index in [0.717, 1.165) is 0 Å². The minimum atomic E-state index is 0.114. The lowest BCUT2D eigenvalue weighted by molar-refractivity contribution is 0.305. The molecule has 0 amide bonds. The van der Waals surface area contributed by atoms with Gasteiger partial charge >= 0.3 is 0 Å². The Kier molecular flexibility index (Phi) is 6.18. The van der Waals surface area contributed by atoms with E-state index in [1.807, 2.05) is 0 Å². The van der Waals surface area contributed by atoms with Crippen molar-refractivity contribution in [2.75, 3.05) is 6.61 Å². The van der Waals surface area contributed by atoms with E-state index in [-0.39, 0.29) is 6.61 Å². The van der Waals surface area contributed by atoms with E-state index in [9.17, 15) is 0 Å². The van der Waals surface area contributed by atoms with Crippen LogP contribution in [-0.4, -0.2) is 11.7 Å². The zero-order valence-corrected chi connectivity index (χ0v) is 5.15. The van der Waals surface area contributed by atoms with Crippen molar-refractivity contribution in [1.29, 1.82) is 0 Å². The second kappa shape index (κ2) is 6.55. The molecule has 44 valence electrons. The van der Waals surface area contributed by atoms with Gasteiger partial charge in [0.1, 0.15) is 0 Å². The van der Waals surface area contributed by atoms with Crippen LogP contribution >= 0.6 is 11.6 Å². The van der Waals surface area contributed by atoms with Gasteiger partial charge in [-0.15, -0.1) is 0 Å². The Hall–Kier alpha value is -0.450. The highest BCUT2D eigenvalue weighted by molar-refractivity contribution is 6.25. The third-order valence-electron chi connectivity index (χ3n) is 0.485. The van der Waals surface area contributed by atoms with E-state index in [1.165, 1.54) is 11.6 Å². The van der Waals surface area contributed by atoms with Crippen LogP contribution in [-0.2, 0) is 0 Å². The van der Waals surface area contributed by atoms with Crippen LogP contribution < -0.4 is 0 Å². The maximum Gasteiger partial charge on any atom is 0.0540 e. The largest absolute Gasteiger partial charge is 0.395 e. The molecule has 0 aliphatic rings. The van der Waals surface area contributed by atoms with Crippen molar-refractivity contribution in [3.05, 3.63) is 11.6 Å². The highest BCUT2D eigenvalue weighted by Gasteiger charge is 1.66. The Morgan fingerprint density at radius 1 is 1.62 bits per heavy atom. The summed E-state index contributed by atoms with van der Waals surface area (Å²) in [7, 11) is 0. The summed E-state index contributed by atoms with van der Waals surface area (Å²) in [5.41, 5.74) is 1.34. The van der Waals surface area contributed by atoms with Gasteiger partial charge in [0.25, 0.3) is 0 Å². The number of aliphatic hydroxyl groups is 1. The zero-order chi connectivity index (χ0) is 6.24. The summed E-state index contributed by atoms with van der Waals surface area (Å²) in [6, 6.07) is 0. The molecule has 0 aliphatic heterocycles. The monoisotopic (exact) mass is 130 g/mol. The molecule has 0 aromatic rings. The van der Waals surface area contributed by atoms with E-state index < -0.39 is 0 Å². The molecular weight excluding hydrogens is 124 g/mol. The molecule has 0 spiro atoms. The minimum Gasteiger partial charge on any atom is -0.395 e. The summed E-state index contributed by atoms with van der Waals surface area (Å²) < 4.78 is 0. The normalized spacial score (nSPS) is 8.75. The molecule has 0 fully saturated rings. The second-order valence-corrected chi connectivity index (χ2v) is 1.34. The molecule has 0 atom stereocenters. The summed E-state index contributed by atoms with van der Waals surface area (Å²) >= 11 is 5.13. The van der Waals surface area contributed by atoms with Crippen molar-refractivity contribution in [3.8, 4) is 11.8 Å². The fourth-order valence-electron chi connectivity index (χ4n) is 0.218. The molecule has 0 rings (SSSR count). The Balaban J connectivity index is 3.21. The number of halogens is 1. The lowest BCUT2D eigenvalue weighted by Crippen LogP contribution is -1.74. The molecule has 0 radical (unpaired) electrons. The molecule has 0 bridgehead atoms. The van der Waals surface area contributed by atoms with Crippen LogP contribution in [0.15, 0.2) is 11.6 Å². The quantitative estimate of drug-likeness (QED) is 0.528. The molecule has 1 N–H and O–H groups in total. The fourth-order valence-corrected chi connectivity index (χ4v) is 0.281. The third kappa shape index (κ3) is 5.55. The molecule has 0 saturated heterocycles. The van der Waals surface area contributed by atoms with Crippen LogP contribution in [0.5, 0.6) is 0 Å². The maximum absolute atomic E-state index is 8.21. The summed E-state index contributed by atoms with van der Waals surface area (Å²) in [5.74, 6) is 5.28. The summed E-state index contributed by atoms with van der Waals surface area (Å²) in [4.78, 5) is 0. The van der Waals surface area contributed by atoms with Gasteiger partial charge in [-0.05, 0) is 6.08 Å². The van der Waals surface area contributed by atoms with E-state index in [4.69, 9.17) is 16.7 Å². The topological polar surface area (TPSA) is 20.2 Å². The molecule has 0 aromatic heterocycles. The molecule has 8 heavy (non-hydrogen) atoms. The first kappa shape index (κ1) is 7.55. The first-order valence-corrected chi connectivity index (χ1v) is 2.70. The van der Waals surface area contributed by atoms with Crippen LogP contribution in [0, 0.1) is 11.8 Å². The molecule has 0 unspecified atom stereocenters. The number of hydrogen-bond acceptors (Lipinski definition) is 1. The van der Waals surface area contributed by atoms with E-state index in [2.05, 4.69) is 11.8 Å². The summed E-state index contributed by atoms with van der Waals surface area (Å²) in [6.45, 7) is 0.114. The number of hydrogen-bond donors (Lipinski definition) is 1. The maximum atomic E-state index is 8.21. The van der Waals surface area contributed by atoms with Crippen LogP contribution in [0.1, 0.15) is 6.42 Å². The van der Waals surface area contributed by atoms with Crippen molar-refractivity contribution in [2.45, 2.75) is 6.42 Å². The highest BCUT2D eigenvalue weighted by atomic mass is 35.5. The van der Waals surface area contributed by atoms with Gasteiger partial charge in [-0.2, -0.15) is 0 Å². The van der Waals surface area contributed by atoms with E-state index in [0.29, 0.717) is 6.42 Å². The van der Waals surface area contributed by atoms with Crippen LogP contribution in [0.3, 0.4) is 0 Å². The smallest absolute Gasteiger partial charge is 0.0540 e. The zero-order valence-electron chi connectivity index (χ0n) is 4.39. The molecule has 2 heteroatoms. The third-order valence-corrected chi connectivity index (χ3v) is 0.611. The first-order valence-electron chi connectivity index (χ1n) is 2.26. The summed E-state index contributed by atoms with van der Waals surface area (Å²) in [5, 5.41) is 8.21. The second-order valence-electron chi connectivity index (χ2n) is 1.09. The highest BCUT2D eigenvalue weighted by Crippen LogP contribution is 1.75. The Morgan fingerprint density at radius 3 is 2.88 bits per heavy atom. The van der Waals surface area contributed by atoms with Crippen molar-refractivity contribution in [3.63, 3.8) is 0 Å². The molecule has 0 aliphatic carbocycles. The Bertz CT molecular complexity index is 118. The number of rotatable bonds is 1. The van der Waals surface area contributed by atoms with Gasteiger partial charge in [0.05, 0.1) is 6.61 Å². The van der Waals surface area contributed by atoms with Gasteiger partial charge in [-0.1, -0.05) is 23.4 Å². The lowest BCUT2D eigenvalue weighted by Gasteiger charge is -1.73. The fraction of sp³-hybridized carbons (Fsp3) is 0.333. The van der Waals surface area contributed by atoms with Crippen LogP contribution in [0.25, 0.3) is 0 Å². The Labute approximate surface area is 54.0 Å². The van der Waals surface area contributed by atoms with Crippen molar-refractivity contribution in [1.82, 2.24) is 0 Å². The van der Waals surface area contributed by atoms with Gasteiger partial charge in [0.2, 0.25) is 0 Å². The standard InChI is InChI=1S/C6H7ClO/c7-5-3-1-2-4-6-8/h3,5,8H,4,6H2. The minimum absolute atomic E-state index is 0.114. The molecule has 0 aromatic carbocycles. The number of aliphatic hydroxyl groups excluding tert-OH is 1. The van der Waals surface area contributed by atoms with Gasteiger partial charge in [0.15, 0.2) is 0 Å². The molecule has 1 nitrogen and oxygen atoms in total. The van der Waals surface area contributed by atoms with Crippen molar-refractivity contribution >= 4 is 11.6 Å². The van der Waals surface area contributed by atoms with Gasteiger partial charge in [-0.3, -0.25) is 0 Å². The Morgan fingerprint density at radius 2 is 2.38 bits per heavy atom. The van der Waals surface area contributed by atoms with Crippen LogP contribution in [0.2, 0.25) is 0 Å². The van der Waals surface area contributed by atoms with Crippen molar-refractivity contribution < 1.29 is 5.11 Å². The van der Waals surface area contributed by atoms with Crippen LogP contribution in [0.4, 0.5) is 0 Å². The van der Waals surface area contributed by atoms with Gasteiger partial charge in [-0.25, -0.2) is 0 Å². The number of allylic oxidation sites excluding steroid dienone is 1. The van der Waals surface area contributed by atoms with Gasteiger partial charge in [0, 0.05) is 12.0 Å². The SMILES string of the molecule is OCCC#CC=CCl. The average molecular weight is 131 g/mol. The first-order chi connectivity index (χ1) is 3.91. The predicted octanol–water partition coefficient (Wildman–Crippen LogP) is 1.12. The van der Waals surface area contributed by atoms with E-state index in [1.54, 1.807) is 0 Å². The van der Waals surface area contributed by atoms with Gasteiger partial charge < -0.3 is 5.11 Å². The van der Waals surface area contributed by atoms with Crippen molar-refractivity contribution in [2.24, 2.45) is 0 Å². The van der Waals surface area contributed by atoms with E-state index >= 15 is 0 Å². The predicted molar refractivity (Wildman–Crippen MR) is 34.5 cm³/mol. The molecule has 0 saturated carbocycles. The summed E-state index contributed by atoms with van der Waals surface area (Å²) in [6.07, 6.45) is 2.04.